The lowest BCUT2D eigenvalue weighted by Gasteiger charge is -2.07. The van der Waals surface area contributed by atoms with Crippen molar-refractivity contribution in [3.8, 4) is 6.07 Å². The lowest BCUT2D eigenvalue weighted by atomic mass is 10.2. The normalized spacial score (nSPS) is 9.83. The number of nitrogens with one attached hydrogen (secondary N) is 2. The van der Waals surface area contributed by atoms with Gasteiger partial charge in [0.15, 0.2) is 0 Å². The molecule has 2 N–H and O–H groups in total. The van der Waals surface area contributed by atoms with E-state index in [1.54, 1.807) is 30.3 Å². The minimum absolute atomic E-state index is 0.155. The Labute approximate surface area is 140 Å². The second kappa shape index (κ2) is 8.44. The van der Waals surface area contributed by atoms with Crippen LogP contribution < -0.4 is 10.6 Å². The van der Waals surface area contributed by atoms with Crippen LogP contribution >= 0.6 is 0 Å². The number of hydrogen-bond acceptors (Lipinski definition) is 4. The molecule has 0 atom stereocenters. The van der Waals surface area contributed by atoms with E-state index in [-0.39, 0.29) is 11.6 Å². The number of carbonyl (C=O) groups is 2. The van der Waals surface area contributed by atoms with E-state index in [0.717, 1.165) is 12.8 Å². The van der Waals surface area contributed by atoms with Crippen LogP contribution in [0, 0.1) is 11.3 Å². The van der Waals surface area contributed by atoms with Crippen LogP contribution in [0.2, 0.25) is 0 Å². The predicted octanol–water partition coefficient (Wildman–Crippen LogP) is 2.74. The Balaban J connectivity index is 2.05. The Morgan fingerprint density at radius 1 is 1.17 bits per heavy atom. The Kier molecular flexibility index (Phi) is 6.03. The lowest BCUT2D eigenvalue weighted by molar-refractivity contribution is 0.0953. The van der Waals surface area contributed by atoms with Crippen LogP contribution in [0.25, 0.3) is 0 Å². The molecule has 0 aliphatic heterocycles. The predicted molar refractivity (Wildman–Crippen MR) is 90.6 cm³/mol. The first-order valence-electron chi connectivity index (χ1n) is 7.70. The van der Waals surface area contributed by atoms with E-state index < -0.39 is 5.91 Å². The highest BCUT2D eigenvalue weighted by Crippen LogP contribution is 2.11. The quantitative estimate of drug-likeness (QED) is 0.799. The monoisotopic (exact) mass is 322 g/mol. The van der Waals surface area contributed by atoms with Gasteiger partial charge in [-0.05, 0) is 42.8 Å². The van der Waals surface area contributed by atoms with Crippen LogP contribution in [0.4, 0.5) is 5.69 Å². The van der Waals surface area contributed by atoms with E-state index in [9.17, 15) is 9.59 Å². The molecule has 122 valence electrons. The third kappa shape index (κ3) is 4.65. The van der Waals surface area contributed by atoms with E-state index in [1.807, 2.05) is 13.0 Å². The molecule has 1 heterocycles. The molecule has 24 heavy (non-hydrogen) atoms. The number of hydrogen-bond donors (Lipinski definition) is 2. The van der Waals surface area contributed by atoms with Gasteiger partial charge >= 0.3 is 0 Å². The smallest absolute Gasteiger partial charge is 0.274 e. The van der Waals surface area contributed by atoms with Crippen molar-refractivity contribution in [3.63, 3.8) is 0 Å². The molecule has 0 unspecified atom stereocenters. The zero-order chi connectivity index (χ0) is 17.4. The summed E-state index contributed by atoms with van der Waals surface area (Å²) in [6, 6.07) is 11.5. The molecule has 2 amide bonds. The highest BCUT2D eigenvalue weighted by molar-refractivity contribution is 6.04. The van der Waals surface area contributed by atoms with Crippen molar-refractivity contribution in [1.82, 2.24) is 10.3 Å². The van der Waals surface area contributed by atoms with Crippen molar-refractivity contribution in [1.29, 1.82) is 5.26 Å². The van der Waals surface area contributed by atoms with Crippen molar-refractivity contribution in [3.05, 3.63) is 59.4 Å². The molecule has 1 aromatic carbocycles. The van der Waals surface area contributed by atoms with Crippen molar-refractivity contribution >= 4 is 17.5 Å². The van der Waals surface area contributed by atoms with Crippen LogP contribution in [-0.2, 0) is 0 Å². The van der Waals surface area contributed by atoms with E-state index in [2.05, 4.69) is 15.6 Å². The number of unbranched alkanes of at least 4 members (excludes halogenated alkanes) is 1. The molecule has 0 fully saturated rings. The van der Waals surface area contributed by atoms with Gasteiger partial charge in [-0.2, -0.15) is 5.26 Å². The summed E-state index contributed by atoms with van der Waals surface area (Å²) >= 11 is 0. The van der Waals surface area contributed by atoms with Crippen LogP contribution in [0.5, 0.6) is 0 Å². The lowest BCUT2D eigenvalue weighted by Crippen LogP contribution is -2.25. The van der Waals surface area contributed by atoms with Gasteiger partial charge in [0.2, 0.25) is 0 Å². The van der Waals surface area contributed by atoms with Crippen molar-refractivity contribution < 1.29 is 9.59 Å². The molecular formula is C18H18N4O2. The van der Waals surface area contributed by atoms with Gasteiger partial charge in [0, 0.05) is 24.0 Å². The third-order valence-corrected chi connectivity index (χ3v) is 3.34. The summed E-state index contributed by atoms with van der Waals surface area (Å²) in [5, 5.41) is 14.2. The molecule has 0 aliphatic carbocycles. The number of pyridine rings is 1. The van der Waals surface area contributed by atoms with Crippen LogP contribution in [-0.4, -0.2) is 23.3 Å². The minimum atomic E-state index is -0.414. The molecule has 2 rings (SSSR count). The van der Waals surface area contributed by atoms with Crippen LogP contribution in [0.1, 0.15) is 46.2 Å². The van der Waals surface area contributed by atoms with Gasteiger partial charge in [0.25, 0.3) is 11.8 Å². The SMILES string of the molecule is CCCCNC(=O)c1ccnc(C(=O)Nc2ccc(C#N)cc2)c1. The highest BCUT2D eigenvalue weighted by atomic mass is 16.2. The fraction of sp³-hybridized carbons (Fsp3) is 0.222. The number of nitriles is 1. The van der Waals surface area contributed by atoms with E-state index in [4.69, 9.17) is 5.26 Å². The molecule has 0 saturated carbocycles. The zero-order valence-electron chi connectivity index (χ0n) is 13.4. The summed E-state index contributed by atoms with van der Waals surface area (Å²) < 4.78 is 0. The molecule has 0 radical (unpaired) electrons. The first kappa shape index (κ1) is 17.2. The number of rotatable bonds is 6. The molecule has 6 nitrogen and oxygen atoms in total. The average Bonchev–Trinajstić information content (AvgIpc) is 2.62. The zero-order valence-corrected chi connectivity index (χ0v) is 13.4. The molecule has 0 spiro atoms. The number of benzene rings is 1. The van der Waals surface area contributed by atoms with Gasteiger partial charge < -0.3 is 10.6 Å². The third-order valence-electron chi connectivity index (χ3n) is 3.34. The number of amides is 2. The Bertz CT molecular complexity index is 763. The molecule has 2 aromatic rings. The highest BCUT2D eigenvalue weighted by Gasteiger charge is 2.12. The summed E-state index contributed by atoms with van der Waals surface area (Å²) in [5.74, 6) is -0.638. The summed E-state index contributed by atoms with van der Waals surface area (Å²) in [6.07, 6.45) is 3.33. The average molecular weight is 322 g/mol. The molecule has 0 bridgehead atoms. The van der Waals surface area contributed by atoms with Gasteiger partial charge in [-0.15, -0.1) is 0 Å². The van der Waals surface area contributed by atoms with E-state index in [1.165, 1.54) is 12.3 Å². The molecule has 6 heteroatoms. The summed E-state index contributed by atoms with van der Waals surface area (Å²) in [4.78, 5) is 28.3. The van der Waals surface area contributed by atoms with Crippen molar-refractivity contribution in [2.75, 3.05) is 11.9 Å². The largest absolute Gasteiger partial charge is 0.352 e. The number of aromatic nitrogens is 1. The van der Waals surface area contributed by atoms with E-state index >= 15 is 0 Å². The minimum Gasteiger partial charge on any atom is -0.352 e. The Morgan fingerprint density at radius 3 is 2.58 bits per heavy atom. The number of anilines is 1. The topological polar surface area (TPSA) is 94.9 Å². The molecular weight excluding hydrogens is 304 g/mol. The van der Waals surface area contributed by atoms with Gasteiger partial charge in [-0.1, -0.05) is 13.3 Å². The van der Waals surface area contributed by atoms with Gasteiger partial charge in [0.05, 0.1) is 11.6 Å². The van der Waals surface area contributed by atoms with Gasteiger partial charge in [-0.3, -0.25) is 14.6 Å². The van der Waals surface area contributed by atoms with Crippen LogP contribution in [0.3, 0.4) is 0 Å². The van der Waals surface area contributed by atoms with Gasteiger partial charge in [-0.25, -0.2) is 0 Å². The number of carbonyl (C=O) groups excluding carboxylic acids is 2. The second-order valence-corrected chi connectivity index (χ2v) is 5.18. The van der Waals surface area contributed by atoms with Gasteiger partial charge in [0.1, 0.15) is 5.69 Å². The summed E-state index contributed by atoms with van der Waals surface area (Å²) in [6.45, 7) is 2.65. The standard InChI is InChI=1S/C18H18N4O2/c1-2-3-9-21-17(23)14-8-10-20-16(11-14)18(24)22-15-6-4-13(12-19)5-7-15/h4-8,10-11H,2-3,9H2,1H3,(H,21,23)(H,22,24). The Morgan fingerprint density at radius 2 is 1.92 bits per heavy atom. The maximum atomic E-state index is 12.2. The maximum Gasteiger partial charge on any atom is 0.274 e. The summed E-state index contributed by atoms with van der Waals surface area (Å²) in [5.41, 5.74) is 1.61. The van der Waals surface area contributed by atoms with Crippen molar-refractivity contribution in [2.24, 2.45) is 0 Å². The first-order valence-corrected chi connectivity index (χ1v) is 7.70. The summed E-state index contributed by atoms with van der Waals surface area (Å²) in [7, 11) is 0. The Hall–Kier alpha value is -3.20. The molecule has 0 aliphatic rings. The first-order chi connectivity index (χ1) is 11.6. The molecule has 0 saturated heterocycles. The number of nitrogens with zero attached hydrogens (tertiary/aromatic N) is 2. The van der Waals surface area contributed by atoms with E-state index in [0.29, 0.717) is 23.4 Å². The second-order valence-electron chi connectivity index (χ2n) is 5.18. The fourth-order valence-electron chi connectivity index (χ4n) is 2.00. The fourth-order valence-corrected chi connectivity index (χ4v) is 2.00. The molecule has 1 aromatic heterocycles. The van der Waals surface area contributed by atoms with Crippen LogP contribution in [0.15, 0.2) is 42.6 Å². The maximum absolute atomic E-state index is 12.2. The van der Waals surface area contributed by atoms with Crippen molar-refractivity contribution in [2.45, 2.75) is 19.8 Å².